The minimum Gasteiger partial charge on any atom is -0.493 e. The van der Waals surface area contributed by atoms with Gasteiger partial charge in [0, 0.05) is 11.6 Å². The molecule has 30 heavy (non-hydrogen) atoms. The van der Waals surface area contributed by atoms with Gasteiger partial charge in [-0.05, 0) is 42.5 Å². The average Bonchev–Trinajstić information content (AvgIpc) is 3.07. The third-order valence-electron chi connectivity index (χ3n) is 4.31. The molecule has 0 unspecified atom stereocenters. The minimum atomic E-state index is -3.81. The van der Waals surface area contributed by atoms with E-state index in [2.05, 4.69) is 24.9 Å². The fourth-order valence-corrected chi connectivity index (χ4v) is 4.00. The lowest BCUT2D eigenvalue weighted by molar-refractivity contribution is 0.459. The first-order chi connectivity index (χ1) is 14.4. The molecule has 0 saturated carbocycles. The average molecular weight is 442 g/mol. The first-order valence-corrected chi connectivity index (χ1v) is 10.7. The molecule has 0 bridgehead atoms. The second kappa shape index (κ2) is 8.23. The van der Waals surface area contributed by atoms with Crippen molar-refractivity contribution in [2.45, 2.75) is 11.4 Å². The summed E-state index contributed by atoms with van der Waals surface area (Å²) in [7, 11) is -3.81. The molecule has 0 aliphatic rings. The summed E-state index contributed by atoms with van der Waals surface area (Å²) in [6.45, 7) is 0.0542. The Morgan fingerprint density at radius 2 is 1.87 bits per heavy atom. The van der Waals surface area contributed by atoms with Crippen LogP contribution in [0.15, 0.2) is 82.0 Å². The molecular formula is C20H16ClN5O3S. The molecule has 0 atom stereocenters. The van der Waals surface area contributed by atoms with Crippen LogP contribution in [0.4, 0.5) is 11.4 Å². The van der Waals surface area contributed by atoms with E-state index < -0.39 is 10.0 Å². The van der Waals surface area contributed by atoms with E-state index in [9.17, 15) is 13.5 Å². The highest BCUT2D eigenvalue weighted by molar-refractivity contribution is 7.89. The highest BCUT2D eigenvalue weighted by Crippen LogP contribution is 2.38. The van der Waals surface area contributed by atoms with E-state index >= 15 is 0 Å². The molecule has 0 radical (unpaired) electrons. The van der Waals surface area contributed by atoms with E-state index in [0.29, 0.717) is 27.3 Å². The molecule has 0 saturated heterocycles. The molecule has 0 spiro atoms. The van der Waals surface area contributed by atoms with Crippen molar-refractivity contribution in [3.8, 4) is 5.88 Å². The largest absolute Gasteiger partial charge is 0.493 e. The predicted octanol–water partition coefficient (Wildman–Crippen LogP) is 4.82. The number of aromatic amines is 1. The number of azo groups is 1. The van der Waals surface area contributed by atoms with Gasteiger partial charge in [-0.25, -0.2) is 13.1 Å². The number of benzene rings is 2. The molecule has 0 aliphatic heterocycles. The van der Waals surface area contributed by atoms with Crippen molar-refractivity contribution >= 4 is 43.9 Å². The summed E-state index contributed by atoms with van der Waals surface area (Å²) in [6, 6.07) is 16.5. The molecule has 4 aromatic rings. The number of fused-ring (bicyclic) bond motifs is 1. The monoisotopic (exact) mass is 441 g/mol. The van der Waals surface area contributed by atoms with Crippen molar-refractivity contribution in [2.75, 3.05) is 0 Å². The van der Waals surface area contributed by atoms with Crippen LogP contribution in [-0.4, -0.2) is 23.5 Å². The Labute approximate surface area is 177 Å². The van der Waals surface area contributed by atoms with Gasteiger partial charge in [-0.2, -0.15) is 0 Å². The maximum atomic E-state index is 12.7. The Balaban J connectivity index is 1.66. The van der Waals surface area contributed by atoms with E-state index in [-0.39, 0.29) is 23.0 Å². The SMILES string of the molecule is O=S(=O)(NCc1ccccn1)c1ccc2[nH]c(O)c(N=Nc3ccccc3Cl)c2c1. The number of aromatic hydroxyl groups is 1. The lowest BCUT2D eigenvalue weighted by Gasteiger charge is -2.06. The minimum absolute atomic E-state index is 0.0270. The fourth-order valence-electron chi connectivity index (χ4n) is 2.80. The van der Waals surface area contributed by atoms with Gasteiger partial charge < -0.3 is 10.1 Å². The van der Waals surface area contributed by atoms with Gasteiger partial charge in [0.15, 0.2) is 5.69 Å². The van der Waals surface area contributed by atoms with Gasteiger partial charge in [-0.15, -0.1) is 10.2 Å². The Bertz CT molecular complexity index is 1340. The molecule has 2 aromatic carbocycles. The first kappa shape index (κ1) is 20.0. The number of aromatic nitrogens is 2. The van der Waals surface area contributed by atoms with Crippen LogP contribution in [0.2, 0.25) is 5.02 Å². The molecule has 0 amide bonds. The van der Waals surface area contributed by atoms with Crippen LogP contribution in [0, 0.1) is 0 Å². The van der Waals surface area contributed by atoms with Crippen molar-refractivity contribution in [1.82, 2.24) is 14.7 Å². The summed E-state index contributed by atoms with van der Waals surface area (Å²) in [6.07, 6.45) is 1.59. The number of sulfonamides is 1. The van der Waals surface area contributed by atoms with Crippen molar-refractivity contribution in [2.24, 2.45) is 10.2 Å². The molecular weight excluding hydrogens is 426 g/mol. The van der Waals surface area contributed by atoms with E-state index in [0.717, 1.165) is 0 Å². The third-order valence-corrected chi connectivity index (χ3v) is 6.03. The smallest absolute Gasteiger partial charge is 0.240 e. The summed E-state index contributed by atoms with van der Waals surface area (Å²) >= 11 is 6.08. The number of rotatable bonds is 6. The molecule has 2 aromatic heterocycles. The zero-order chi connectivity index (χ0) is 21.1. The Morgan fingerprint density at radius 1 is 1.07 bits per heavy atom. The molecule has 4 rings (SSSR count). The van der Waals surface area contributed by atoms with Gasteiger partial charge in [-0.3, -0.25) is 4.98 Å². The number of pyridine rings is 1. The number of H-pyrrole nitrogens is 1. The van der Waals surface area contributed by atoms with Crippen LogP contribution in [-0.2, 0) is 16.6 Å². The quantitative estimate of drug-likeness (QED) is 0.371. The molecule has 10 heteroatoms. The van der Waals surface area contributed by atoms with Crippen LogP contribution < -0.4 is 4.72 Å². The van der Waals surface area contributed by atoms with Crippen LogP contribution in [0.5, 0.6) is 5.88 Å². The number of halogens is 1. The van der Waals surface area contributed by atoms with Gasteiger partial charge in [0.2, 0.25) is 15.9 Å². The summed E-state index contributed by atoms with van der Waals surface area (Å²) < 4.78 is 27.9. The molecule has 0 aliphatic carbocycles. The fraction of sp³-hybridized carbons (Fsp3) is 0.0500. The maximum Gasteiger partial charge on any atom is 0.240 e. The molecule has 0 fully saturated rings. The maximum absolute atomic E-state index is 12.7. The van der Waals surface area contributed by atoms with Crippen molar-refractivity contribution < 1.29 is 13.5 Å². The van der Waals surface area contributed by atoms with Crippen molar-refractivity contribution in [3.05, 3.63) is 77.6 Å². The van der Waals surface area contributed by atoms with E-state index in [1.54, 1.807) is 54.7 Å². The molecule has 3 N–H and O–H groups in total. The molecule has 2 heterocycles. The number of nitrogens with one attached hydrogen (secondary N) is 2. The van der Waals surface area contributed by atoms with E-state index in [4.69, 9.17) is 11.6 Å². The van der Waals surface area contributed by atoms with Gasteiger partial charge in [-0.1, -0.05) is 29.8 Å². The van der Waals surface area contributed by atoms with Crippen molar-refractivity contribution in [3.63, 3.8) is 0 Å². The standard InChI is InChI=1S/C20H16ClN5O3S/c21-16-6-1-2-7-18(16)25-26-19-15-11-14(8-9-17(15)24-20(19)27)30(28,29)23-12-13-5-3-4-10-22-13/h1-11,23-24,27H,12H2. The zero-order valence-electron chi connectivity index (χ0n) is 15.4. The van der Waals surface area contributed by atoms with Crippen LogP contribution in [0.25, 0.3) is 10.9 Å². The summed E-state index contributed by atoms with van der Waals surface area (Å²) in [5.41, 5.74) is 1.65. The lowest BCUT2D eigenvalue weighted by Crippen LogP contribution is -2.23. The topological polar surface area (TPSA) is 120 Å². The number of hydrogen-bond donors (Lipinski definition) is 3. The lowest BCUT2D eigenvalue weighted by atomic mass is 10.2. The Morgan fingerprint density at radius 3 is 2.63 bits per heavy atom. The van der Waals surface area contributed by atoms with E-state index in [1.165, 1.54) is 12.1 Å². The summed E-state index contributed by atoms with van der Waals surface area (Å²) in [5.74, 6) is -0.225. The second-order valence-corrected chi connectivity index (χ2v) is 8.50. The predicted molar refractivity (Wildman–Crippen MR) is 114 cm³/mol. The summed E-state index contributed by atoms with van der Waals surface area (Å²) in [4.78, 5) is 6.88. The number of nitrogens with zero attached hydrogens (tertiary/aromatic N) is 3. The van der Waals surface area contributed by atoms with E-state index in [1.807, 2.05) is 0 Å². The highest BCUT2D eigenvalue weighted by Gasteiger charge is 2.18. The first-order valence-electron chi connectivity index (χ1n) is 8.84. The van der Waals surface area contributed by atoms with Gasteiger partial charge in [0.25, 0.3) is 0 Å². The molecule has 152 valence electrons. The highest BCUT2D eigenvalue weighted by atomic mass is 35.5. The van der Waals surface area contributed by atoms with Crippen LogP contribution >= 0.6 is 11.6 Å². The molecule has 8 nitrogen and oxygen atoms in total. The zero-order valence-corrected chi connectivity index (χ0v) is 17.0. The van der Waals surface area contributed by atoms with Crippen LogP contribution in [0.3, 0.4) is 0 Å². The Kier molecular flexibility index (Phi) is 5.49. The van der Waals surface area contributed by atoms with Crippen molar-refractivity contribution in [1.29, 1.82) is 0 Å². The van der Waals surface area contributed by atoms with Gasteiger partial charge in [0.05, 0.1) is 27.7 Å². The second-order valence-electron chi connectivity index (χ2n) is 6.33. The summed E-state index contributed by atoms with van der Waals surface area (Å²) in [5, 5.41) is 19.2. The van der Waals surface area contributed by atoms with Gasteiger partial charge in [0.1, 0.15) is 5.69 Å². The third kappa shape index (κ3) is 4.18. The number of hydrogen-bond acceptors (Lipinski definition) is 6. The Hall–Kier alpha value is -3.27. The van der Waals surface area contributed by atoms with Crippen LogP contribution in [0.1, 0.15) is 5.69 Å². The normalized spacial score (nSPS) is 12.0. The van der Waals surface area contributed by atoms with Gasteiger partial charge >= 0.3 is 0 Å².